The van der Waals surface area contributed by atoms with Gasteiger partial charge in [-0.1, -0.05) is 42.5 Å². The normalized spacial score (nSPS) is 16.0. The Kier molecular flexibility index (Phi) is 8.79. The smallest absolute Gasteiger partial charge is 0.0358 e. The number of rotatable bonds is 5. The highest BCUT2D eigenvalue weighted by atomic mass is 35.5. The number of benzene rings is 2. The monoisotopic (exact) mass is 366 g/mol. The maximum atomic E-state index is 3.92. The minimum absolute atomic E-state index is 0. The molecule has 4 heteroatoms. The summed E-state index contributed by atoms with van der Waals surface area (Å²) in [4.78, 5) is 2.64. The van der Waals surface area contributed by atoms with Gasteiger partial charge in [0.05, 0.1) is 0 Å². The van der Waals surface area contributed by atoms with Crippen molar-refractivity contribution in [3.63, 3.8) is 0 Å². The minimum Gasteiger partial charge on any atom is -0.314 e. The van der Waals surface area contributed by atoms with Crippen molar-refractivity contribution in [2.45, 2.75) is 25.8 Å². The summed E-state index contributed by atoms with van der Waals surface area (Å²) in [5, 5.41) is 6.26. The quantitative estimate of drug-likeness (QED) is 0.756. The van der Waals surface area contributed by atoms with Crippen LogP contribution in [0.4, 0.5) is 0 Å². The molecule has 2 aromatic rings. The number of halogens is 2. The first kappa shape index (κ1) is 21.0. The molecular weight excluding hydrogens is 339 g/mol. The van der Waals surface area contributed by atoms with Gasteiger partial charge in [0.1, 0.15) is 0 Å². The van der Waals surface area contributed by atoms with Gasteiger partial charge in [-0.2, -0.15) is 0 Å². The minimum atomic E-state index is 0. The number of allylic oxidation sites excluding steroid dienone is 1. The highest BCUT2D eigenvalue weighted by molar-refractivity contribution is 5.89. The molecule has 1 saturated heterocycles. The van der Waals surface area contributed by atoms with Crippen LogP contribution >= 0.6 is 24.8 Å². The fourth-order valence-corrected chi connectivity index (χ4v) is 3.57. The number of piperazine rings is 1. The third-order valence-electron chi connectivity index (χ3n) is 4.77. The molecule has 0 aromatic heterocycles. The second kappa shape index (κ2) is 10.0. The fourth-order valence-electron chi connectivity index (χ4n) is 3.57. The van der Waals surface area contributed by atoms with Crippen LogP contribution in [0.5, 0.6) is 0 Å². The Labute approximate surface area is 158 Å². The van der Waals surface area contributed by atoms with Crippen molar-refractivity contribution < 1.29 is 0 Å². The third-order valence-corrected chi connectivity index (χ3v) is 4.77. The van der Waals surface area contributed by atoms with E-state index in [1.807, 2.05) is 6.08 Å². The predicted molar refractivity (Wildman–Crippen MR) is 110 cm³/mol. The summed E-state index contributed by atoms with van der Waals surface area (Å²) in [6, 6.07) is 13.9. The van der Waals surface area contributed by atoms with Crippen molar-refractivity contribution in [2.75, 3.05) is 26.2 Å². The van der Waals surface area contributed by atoms with E-state index in [1.54, 1.807) is 0 Å². The van der Waals surface area contributed by atoms with E-state index < -0.39 is 0 Å². The molecule has 1 heterocycles. The van der Waals surface area contributed by atoms with E-state index in [1.165, 1.54) is 21.9 Å². The Morgan fingerprint density at radius 3 is 2.42 bits per heavy atom. The topological polar surface area (TPSA) is 15.3 Å². The van der Waals surface area contributed by atoms with Crippen molar-refractivity contribution in [3.8, 4) is 0 Å². The van der Waals surface area contributed by atoms with Gasteiger partial charge in [0.2, 0.25) is 0 Å². The molecule has 2 nitrogen and oxygen atoms in total. The number of hydrogen-bond donors (Lipinski definition) is 1. The van der Waals surface area contributed by atoms with E-state index >= 15 is 0 Å². The molecule has 0 amide bonds. The van der Waals surface area contributed by atoms with E-state index in [-0.39, 0.29) is 24.8 Å². The summed E-state index contributed by atoms with van der Waals surface area (Å²) >= 11 is 0. The van der Waals surface area contributed by atoms with Gasteiger partial charge in [-0.25, -0.2) is 0 Å². The van der Waals surface area contributed by atoms with Crippen LogP contribution < -0.4 is 5.32 Å². The van der Waals surface area contributed by atoms with Crippen LogP contribution in [0.3, 0.4) is 0 Å². The molecule has 0 saturated carbocycles. The summed E-state index contributed by atoms with van der Waals surface area (Å²) in [6.45, 7) is 10.6. The lowest BCUT2D eigenvalue weighted by molar-refractivity contribution is 0.167. The molecule has 1 N–H and O–H groups in total. The number of nitrogens with one attached hydrogen (secondary N) is 1. The van der Waals surface area contributed by atoms with Gasteiger partial charge in [0.15, 0.2) is 0 Å². The van der Waals surface area contributed by atoms with Gasteiger partial charge in [-0.15, -0.1) is 31.4 Å². The zero-order valence-electron chi connectivity index (χ0n) is 14.3. The molecule has 1 fully saturated rings. The number of nitrogens with zero attached hydrogens (tertiary/aromatic N) is 1. The first-order chi connectivity index (χ1) is 10.8. The van der Waals surface area contributed by atoms with Crippen LogP contribution in [0.1, 0.15) is 30.0 Å². The van der Waals surface area contributed by atoms with Crippen molar-refractivity contribution in [3.05, 3.63) is 60.2 Å². The maximum absolute atomic E-state index is 3.92. The molecule has 0 radical (unpaired) electrons. The summed E-state index contributed by atoms with van der Waals surface area (Å²) < 4.78 is 0. The average molecular weight is 367 g/mol. The van der Waals surface area contributed by atoms with Crippen molar-refractivity contribution >= 4 is 35.6 Å². The zero-order valence-corrected chi connectivity index (χ0v) is 16.0. The lowest BCUT2D eigenvalue weighted by Gasteiger charge is -2.36. The lowest BCUT2D eigenvalue weighted by Crippen LogP contribution is -2.45. The Morgan fingerprint density at radius 1 is 1.08 bits per heavy atom. The second-order valence-corrected chi connectivity index (χ2v) is 6.19. The molecule has 0 unspecified atom stereocenters. The number of fused-ring (bicyclic) bond motifs is 1. The lowest BCUT2D eigenvalue weighted by atomic mass is 9.92. The highest BCUT2D eigenvalue weighted by Gasteiger charge is 2.23. The molecule has 2 aromatic carbocycles. The van der Waals surface area contributed by atoms with Gasteiger partial charge in [0.25, 0.3) is 0 Å². The van der Waals surface area contributed by atoms with E-state index in [2.05, 4.69) is 60.1 Å². The molecule has 132 valence electrons. The van der Waals surface area contributed by atoms with E-state index in [9.17, 15) is 0 Å². The molecule has 24 heavy (non-hydrogen) atoms. The molecule has 1 aliphatic heterocycles. The summed E-state index contributed by atoms with van der Waals surface area (Å²) in [5.41, 5.74) is 2.84. The van der Waals surface area contributed by atoms with Crippen LogP contribution in [0.15, 0.2) is 49.1 Å². The first-order valence-corrected chi connectivity index (χ1v) is 8.35. The molecule has 0 spiro atoms. The molecule has 0 bridgehead atoms. The van der Waals surface area contributed by atoms with E-state index in [4.69, 9.17) is 0 Å². The molecular formula is C20H28Cl2N2. The molecule has 3 rings (SSSR count). The maximum Gasteiger partial charge on any atom is 0.0358 e. The Bertz CT molecular complexity index is 651. The van der Waals surface area contributed by atoms with E-state index in [0.29, 0.717) is 6.04 Å². The summed E-state index contributed by atoms with van der Waals surface area (Å²) in [7, 11) is 0. The third kappa shape index (κ3) is 4.52. The average Bonchev–Trinajstić information content (AvgIpc) is 2.58. The predicted octanol–water partition coefficient (Wildman–Crippen LogP) is 4.90. The van der Waals surface area contributed by atoms with Crippen LogP contribution in [0.25, 0.3) is 10.8 Å². The Morgan fingerprint density at radius 2 is 1.75 bits per heavy atom. The van der Waals surface area contributed by atoms with Gasteiger partial charge >= 0.3 is 0 Å². The standard InChI is InChI=1S/C20H26N2.2ClH/c1-3-4-9-20(22-14-12-21-13-15-22)19-11-10-16(2)17-7-5-6-8-18(17)19;;/h3,5-8,10-11,20-21H,1,4,9,12-15H2,2H3;2*1H/t20-;;/m1../s1. The van der Waals surface area contributed by atoms with Gasteiger partial charge in [-0.3, -0.25) is 4.90 Å². The first-order valence-electron chi connectivity index (χ1n) is 8.35. The Hall–Kier alpha value is -1.06. The molecule has 1 atom stereocenters. The zero-order chi connectivity index (χ0) is 15.4. The van der Waals surface area contributed by atoms with E-state index in [0.717, 1.165) is 39.0 Å². The molecule has 1 aliphatic rings. The van der Waals surface area contributed by atoms with Crippen molar-refractivity contribution in [2.24, 2.45) is 0 Å². The van der Waals surface area contributed by atoms with Crippen LogP contribution in [-0.4, -0.2) is 31.1 Å². The van der Waals surface area contributed by atoms with Crippen LogP contribution in [-0.2, 0) is 0 Å². The van der Waals surface area contributed by atoms with Gasteiger partial charge in [0, 0.05) is 32.2 Å². The SMILES string of the molecule is C=CCC[C@H](c1ccc(C)c2ccccc12)N1CCNCC1.Cl.Cl. The van der Waals surface area contributed by atoms with Gasteiger partial charge < -0.3 is 5.32 Å². The largest absolute Gasteiger partial charge is 0.314 e. The van der Waals surface area contributed by atoms with Crippen molar-refractivity contribution in [1.29, 1.82) is 0 Å². The van der Waals surface area contributed by atoms with Crippen LogP contribution in [0.2, 0.25) is 0 Å². The molecule has 0 aliphatic carbocycles. The second-order valence-electron chi connectivity index (χ2n) is 6.19. The fraction of sp³-hybridized carbons (Fsp3) is 0.400. The number of hydrogen-bond acceptors (Lipinski definition) is 2. The van der Waals surface area contributed by atoms with Crippen LogP contribution in [0, 0.1) is 6.92 Å². The Balaban J connectivity index is 0.00000144. The van der Waals surface area contributed by atoms with Crippen molar-refractivity contribution in [1.82, 2.24) is 10.2 Å². The summed E-state index contributed by atoms with van der Waals surface area (Å²) in [5.74, 6) is 0. The highest BCUT2D eigenvalue weighted by Crippen LogP contribution is 2.33. The van der Waals surface area contributed by atoms with Gasteiger partial charge in [-0.05, 0) is 41.7 Å². The summed E-state index contributed by atoms with van der Waals surface area (Å²) in [6.07, 6.45) is 4.26. The number of aryl methyl sites for hydroxylation is 1.